The summed E-state index contributed by atoms with van der Waals surface area (Å²) in [5.74, 6) is 0.0848. The average Bonchev–Trinajstić information content (AvgIpc) is 2.64. The van der Waals surface area contributed by atoms with E-state index in [1.54, 1.807) is 4.68 Å². The van der Waals surface area contributed by atoms with E-state index in [9.17, 15) is 4.79 Å². The van der Waals surface area contributed by atoms with E-state index >= 15 is 0 Å². The number of aromatic nitrogens is 2. The van der Waals surface area contributed by atoms with E-state index < -0.39 is 0 Å². The Bertz CT molecular complexity index is 433. The molecule has 1 saturated heterocycles. The number of carbonyl (C=O) groups is 1. The molecule has 0 spiro atoms. The second-order valence-corrected chi connectivity index (χ2v) is 5.25. The van der Waals surface area contributed by atoms with Gasteiger partial charge >= 0.3 is 0 Å². The van der Waals surface area contributed by atoms with Crippen molar-refractivity contribution in [2.24, 2.45) is 7.05 Å². The van der Waals surface area contributed by atoms with Gasteiger partial charge < -0.3 is 10.2 Å². The van der Waals surface area contributed by atoms with Gasteiger partial charge in [-0.25, -0.2) is 0 Å². The van der Waals surface area contributed by atoms with Gasteiger partial charge in [-0.2, -0.15) is 5.10 Å². The lowest BCUT2D eigenvalue weighted by Gasteiger charge is -2.26. The standard InChI is InChI=1S/C14H24N4O/c1-4-11-10-13(18(3)16-11)14(19)17(2)12-6-5-8-15-9-7-12/h10,12,15H,4-9H2,1-3H3. The van der Waals surface area contributed by atoms with Crippen LogP contribution in [0.4, 0.5) is 0 Å². The number of hydrogen-bond donors (Lipinski definition) is 1. The normalized spacial score (nSPS) is 20.1. The average molecular weight is 264 g/mol. The minimum absolute atomic E-state index is 0.0848. The summed E-state index contributed by atoms with van der Waals surface area (Å²) in [5, 5.41) is 7.73. The number of carbonyl (C=O) groups excluding carboxylic acids is 1. The highest BCUT2D eigenvalue weighted by molar-refractivity contribution is 5.92. The van der Waals surface area contributed by atoms with Gasteiger partial charge in [0, 0.05) is 20.1 Å². The summed E-state index contributed by atoms with van der Waals surface area (Å²) in [6.45, 7) is 4.11. The van der Waals surface area contributed by atoms with E-state index in [2.05, 4.69) is 17.3 Å². The molecule has 5 nitrogen and oxygen atoms in total. The molecule has 1 fully saturated rings. The van der Waals surface area contributed by atoms with Crippen molar-refractivity contribution in [1.29, 1.82) is 0 Å². The Labute approximate surface area is 115 Å². The molecule has 1 aliphatic rings. The van der Waals surface area contributed by atoms with Crippen LogP contribution in [0.25, 0.3) is 0 Å². The van der Waals surface area contributed by atoms with E-state index in [1.807, 2.05) is 25.1 Å². The fraction of sp³-hybridized carbons (Fsp3) is 0.714. The molecule has 1 unspecified atom stereocenters. The zero-order valence-electron chi connectivity index (χ0n) is 12.1. The second kappa shape index (κ2) is 6.19. The fourth-order valence-electron chi connectivity index (χ4n) is 2.63. The first-order chi connectivity index (χ1) is 9.13. The van der Waals surface area contributed by atoms with Crippen molar-refractivity contribution in [2.45, 2.75) is 38.6 Å². The van der Waals surface area contributed by atoms with Crippen LogP contribution in [0.3, 0.4) is 0 Å². The van der Waals surface area contributed by atoms with Gasteiger partial charge in [0.2, 0.25) is 0 Å². The SMILES string of the molecule is CCc1cc(C(=O)N(C)C2CCCNCC2)n(C)n1. The van der Waals surface area contributed by atoms with Gasteiger partial charge in [0.15, 0.2) is 0 Å². The third-order valence-corrected chi connectivity index (χ3v) is 3.93. The minimum atomic E-state index is 0.0848. The van der Waals surface area contributed by atoms with Gasteiger partial charge in [-0.3, -0.25) is 9.48 Å². The Morgan fingerprint density at radius 3 is 3.00 bits per heavy atom. The molecule has 0 bridgehead atoms. The molecular weight excluding hydrogens is 240 g/mol. The van der Waals surface area contributed by atoms with Crippen molar-refractivity contribution in [2.75, 3.05) is 20.1 Å². The fourth-order valence-corrected chi connectivity index (χ4v) is 2.63. The molecule has 1 amide bonds. The molecule has 0 aliphatic carbocycles. The highest BCUT2D eigenvalue weighted by atomic mass is 16.2. The van der Waals surface area contributed by atoms with Gasteiger partial charge in [-0.05, 0) is 44.8 Å². The first-order valence-corrected chi connectivity index (χ1v) is 7.14. The molecule has 1 aromatic heterocycles. The van der Waals surface area contributed by atoms with Gasteiger partial charge in [0.1, 0.15) is 5.69 Å². The van der Waals surface area contributed by atoms with Crippen LogP contribution in [-0.2, 0) is 13.5 Å². The van der Waals surface area contributed by atoms with Crippen LogP contribution in [-0.4, -0.2) is 46.8 Å². The third kappa shape index (κ3) is 3.15. The first-order valence-electron chi connectivity index (χ1n) is 7.14. The van der Waals surface area contributed by atoms with Crippen molar-refractivity contribution in [1.82, 2.24) is 20.0 Å². The molecule has 1 atom stereocenters. The molecule has 0 saturated carbocycles. The second-order valence-electron chi connectivity index (χ2n) is 5.25. The predicted molar refractivity (Wildman–Crippen MR) is 75.2 cm³/mol. The number of aryl methyl sites for hydroxylation is 2. The number of hydrogen-bond acceptors (Lipinski definition) is 3. The van der Waals surface area contributed by atoms with E-state index in [1.165, 1.54) is 0 Å². The predicted octanol–water partition coefficient (Wildman–Crippen LogP) is 1.20. The molecule has 19 heavy (non-hydrogen) atoms. The van der Waals surface area contributed by atoms with Gasteiger partial charge in [-0.1, -0.05) is 6.92 Å². The van der Waals surface area contributed by atoms with Crippen molar-refractivity contribution in [3.63, 3.8) is 0 Å². The van der Waals surface area contributed by atoms with Gasteiger partial charge in [0.05, 0.1) is 5.69 Å². The van der Waals surface area contributed by atoms with Crippen LogP contribution in [0.1, 0.15) is 42.4 Å². The summed E-state index contributed by atoms with van der Waals surface area (Å²) >= 11 is 0. The van der Waals surface area contributed by atoms with E-state index in [4.69, 9.17) is 0 Å². The lowest BCUT2D eigenvalue weighted by molar-refractivity contribution is 0.0709. The van der Waals surface area contributed by atoms with Crippen molar-refractivity contribution >= 4 is 5.91 Å². The van der Waals surface area contributed by atoms with Crippen molar-refractivity contribution in [3.05, 3.63) is 17.5 Å². The topological polar surface area (TPSA) is 50.2 Å². The minimum Gasteiger partial charge on any atom is -0.337 e. The van der Waals surface area contributed by atoms with Crippen LogP contribution < -0.4 is 5.32 Å². The smallest absolute Gasteiger partial charge is 0.272 e. The van der Waals surface area contributed by atoms with E-state index in [0.29, 0.717) is 11.7 Å². The highest BCUT2D eigenvalue weighted by Crippen LogP contribution is 2.15. The van der Waals surface area contributed by atoms with Gasteiger partial charge in [-0.15, -0.1) is 0 Å². The molecule has 0 aromatic carbocycles. The molecule has 106 valence electrons. The zero-order chi connectivity index (χ0) is 13.8. The van der Waals surface area contributed by atoms with Crippen LogP contribution >= 0.6 is 0 Å². The summed E-state index contributed by atoms with van der Waals surface area (Å²) in [5.41, 5.74) is 1.67. The Hall–Kier alpha value is -1.36. The summed E-state index contributed by atoms with van der Waals surface area (Å²) in [4.78, 5) is 14.4. The largest absolute Gasteiger partial charge is 0.337 e. The Morgan fingerprint density at radius 1 is 1.53 bits per heavy atom. The molecular formula is C14H24N4O. The van der Waals surface area contributed by atoms with Crippen LogP contribution in [0.2, 0.25) is 0 Å². The van der Waals surface area contributed by atoms with Crippen LogP contribution in [0, 0.1) is 0 Å². The molecule has 2 rings (SSSR count). The molecule has 1 N–H and O–H groups in total. The molecule has 0 radical (unpaired) electrons. The van der Waals surface area contributed by atoms with E-state index in [-0.39, 0.29) is 5.91 Å². The van der Waals surface area contributed by atoms with Crippen LogP contribution in [0.15, 0.2) is 6.07 Å². The summed E-state index contributed by atoms with van der Waals surface area (Å²) in [6, 6.07) is 2.25. The third-order valence-electron chi connectivity index (χ3n) is 3.93. The zero-order valence-corrected chi connectivity index (χ0v) is 12.1. The van der Waals surface area contributed by atoms with E-state index in [0.717, 1.165) is 44.5 Å². The first kappa shape index (κ1) is 14.1. The summed E-state index contributed by atoms with van der Waals surface area (Å²) in [6.07, 6.45) is 4.10. The maximum absolute atomic E-state index is 12.6. The Morgan fingerprint density at radius 2 is 2.32 bits per heavy atom. The number of nitrogens with zero attached hydrogens (tertiary/aromatic N) is 3. The maximum Gasteiger partial charge on any atom is 0.272 e. The van der Waals surface area contributed by atoms with Gasteiger partial charge in [0.25, 0.3) is 5.91 Å². The Balaban J connectivity index is 2.10. The monoisotopic (exact) mass is 264 g/mol. The lowest BCUT2D eigenvalue weighted by atomic mass is 10.1. The number of rotatable bonds is 3. The Kier molecular flexibility index (Phi) is 4.58. The molecule has 2 heterocycles. The number of nitrogens with one attached hydrogen (secondary N) is 1. The molecule has 1 aromatic rings. The maximum atomic E-state index is 12.6. The molecule has 5 heteroatoms. The molecule has 1 aliphatic heterocycles. The summed E-state index contributed by atoms with van der Waals surface area (Å²) in [7, 11) is 3.76. The van der Waals surface area contributed by atoms with Crippen molar-refractivity contribution in [3.8, 4) is 0 Å². The highest BCUT2D eigenvalue weighted by Gasteiger charge is 2.24. The summed E-state index contributed by atoms with van der Waals surface area (Å²) < 4.78 is 1.70. The van der Waals surface area contributed by atoms with Crippen LogP contribution in [0.5, 0.6) is 0 Å². The lowest BCUT2D eigenvalue weighted by Crippen LogP contribution is -2.38. The quantitative estimate of drug-likeness (QED) is 0.892. The van der Waals surface area contributed by atoms with Crippen molar-refractivity contribution < 1.29 is 4.79 Å². The number of amides is 1.